The van der Waals surface area contributed by atoms with Crippen molar-refractivity contribution in [3.05, 3.63) is 20.9 Å². The second-order valence-electron chi connectivity index (χ2n) is 3.55. The fraction of sp³-hybridized carbons (Fsp3) is 0.556. The Hall–Kier alpha value is -1.64. The predicted molar refractivity (Wildman–Crippen MR) is 66.0 cm³/mol. The van der Waals surface area contributed by atoms with Gasteiger partial charge in [0.05, 0.1) is 11.5 Å². The zero-order chi connectivity index (χ0) is 13.5. The lowest BCUT2D eigenvalue weighted by atomic mass is 10.2. The van der Waals surface area contributed by atoms with Crippen LogP contribution in [0.25, 0.3) is 0 Å². The van der Waals surface area contributed by atoms with Gasteiger partial charge in [-0.1, -0.05) is 0 Å². The van der Waals surface area contributed by atoms with Gasteiger partial charge in [-0.05, 0) is 35.2 Å². The standard InChI is InChI=1S/C9H13BrN4O4/c10-8-7(14(16)17)6-13(12-8)4-2-1-3-5-18-9(11)15/h6H,1-5H2,(H2,11,15). The van der Waals surface area contributed by atoms with Crippen molar-refractivity contribution in [2.75, 3.05) is 6.61 Å². The van der Waals surface area contributed by atoms with Crippen LogP contribution in [0.1, 0.15) is 19.3 Å². The Bertz CT molecular complexity index is 434. The van der Waals surface area contributed by atoms with E-state index in [9.17, 15) is 14.9 Å². The number of nitro groups is 1. The summed E-state index contributed by atoms with van der Waals surface area (Å²) in [5, 5.41) is 14.5. The lowest BCUT2D eigenvalue weighted by Crippen LogP contribution is -2.13. The molecular weight excluding hydrogens is 308 g/mol. The minimum absolute atomic E-state index is 0.0490. The zero-order valence-electron chi connectivity index (χ0n) is 9.54. The van der Waals surface area contributed by atoms with E-state index in [2.05, 4.69) is 25.8 Å². The van der Waals surface area contributed by atoms with Crippen LogP contribution >= 0.6 is 15.9 Å². The first-order valence-corrected chi connectivity index (χ1v) is 6.09. The fourth-order valence-electron chi connectivity index (χ4n) is 1.35. The second kappa shape index (κ2) is 6.94. The number of unbranched alkanes of at least 4 members (excludes halogenated alkanes) is 2. The summed E-state index contributed by atoms with van der Waals surface area (Å²) in [6.07, 6.45) is 2.91. The summed E-state index contributed by atoms with van der Waals surface area (Å²) in [6, 6.07) is 0. The average molecular weight is 321 g/mol. The maximum absolute atomic E-state index is 10.6. The first-order chi connectivity index (χ1) is 8.50. The lowest BCUT2D eigenvalue weighted by molar-refractivity contribution is -0.385. The molecule has 1 heterocycles. The van der Waals surface area contributed by atoms with E-state index in [-0.39, 0.29) is 16.9 Å². The number of carbonyl (C=O) groups excluding carboxylic acids is 1. The molecule has 0 spiro atoms. The average Bonchev–Trinajstić information content (AvgIpc) is 2.64. The van der Waals surface area contributed by atoms with Gasteiger partial charge in [-0.25, -0.2) is 4.79 Å². The van der Waals surface area contributed by atoms with Crippen molar-refractivity contribution in [2.24, 2.45) is 5.73 Å². The SMILES string of the molecule is NC(=O)OCCCCCn1cc([N+](=O)[O-])c(Br)n1. The second-order valence-corrected chi connectivity index (χ2v) is 4.30. The van der Waals surface area contributed by atoms with E-state index in [0.29, 0.717) is 13.0 Å². The molecule has 0 aliphatic heterocycles. The molecule has 0 aliphatic carbocycles. The van der Waals surface area contributed by atoms with E-state index in [1.54, 1.807) is 0 Å². The number of carbonyl (C=O) groups is 1. The molecule has 2 N–H and O–H groups in total. The first-order valence-electron chi connectivity index (χ1n) is 5.30. The number of amides is 1. The van der Waals surface area contributed by atoms with Gasteiger partial charge in [-0.15, -0.1) is 0 Å². The highest BCUT2D eigenvalue weighted by Crippen LogP contribution is 2.22. The summed E-state index contributed by atoms with van der Waals surface area (Å²) >= 11 is 3.02. The summed E-state index contributed by atoms with van der Waals surface area (Å²) in [4.78, 5) is 20.4. The van der Waals surface area contributed by atoms with Crippen LogP contribution < -0.4 is 5.73 Å². The molecule has 1 aromatic heterocycles. The molecule has 0 radical (unpaired) electrons. The maximum atomic E-state index is 10.6. The highest BCUT2D eigenvalue weighted by atomic mass is 79.9. The van der Waals surface area contributed by atoms with Gasteiger partial charge in [0.15, 0.2) is 0 Å². The molecule has 100 valence electrons. The third-order valence-electron chi connectivity index (χ3n) is 2.17. The van der Waals surface area contributed by atoms with Crippen LogP contribution in [-0.4, -0.2) is 27.4 Å². The molecule has 8 nitrogen and oxygen atoms in total. The van der Waals surface area contributed by atoms with Gasteiger partial charge in [0.2, 0.25) is 4.60 Å². The molecule has 0 aromatic carbocycles. The van der Waals surface area contributed by atoms with Crippen molar-refractivity contribution in [3.8, 4) is 0 Å². The molecule has 0 fully saturated rings. The van der Waals surface area contributed by atoms with Gasteiger partial charge in [0, 0.05) is 6.54 Å². The number of rotatable bonds is 7. The molecule has 0 saturated heterocycles. The fourth-order valence-corrected chi connectivity index (χ4v) is 1.80. The van der Waals surface area contributed by atoms with E-state index in [0.717, 1.165) is 12.8 Å². The Morgan fingerprint density at radius 3 is 2.83 bits per heavy atom. The molecule has 9 heteroatoms. The van der Waals surface area contributed by atoms with Crippen LogP contribution in [0.2, 0.25) is 0 Å². The minimum atomic E-state index is -0.776. The molecule has 1 rings (SSSR count). The van der Waals surface area contributed by atoms with Gasteiger partial charge < -0.3 is 10.5 Å². The van der Waals surface area contributed by atoms with E-state index in [1.807, 2.05) is 0 Å². The molecule has 0 saturated carbocycles. The Labute approximate surface area is 111 Å². The van der Waals surface area contributed by atoms with Gasteiger partial charge in [0.25, 0.3) is 0 Å². The van der Waals surface area contributed by atoms with Crippen LogP contribution in [0.15, 0.2) is 10.8 Å². The Morgan fingerprint density at radius 1 is 1.56 bits per heavy atom. The number of halogens is 1. The van der Waals surface area contributed by atoms with Gasteiger partial charge in [-0.2, -0.15) is 5.10 Å². The third kappa shape index (κ3) is 4.70. The Kier molecular flexibility index (Phi) is 5.56. The predicted octanol–water partition coefficient (Wildman–Crippen LogP) is 1.82. The van der Waals surface area contributed by atoms with Crippen molar-refractivity contribution >= 4 is 27.7 Å². The minimum Gasteiger partial charge on any atom is -0.450 e. The third-order valence-corrected chi connectivity index (χ3v) is 2.74. The number of aromatic nitrogens is 2. The molecule has 1 aromatic rings. The molecule has 18 heavy (non-hydrogen) atoms. The van der Waals surface area contributed by atoms with Gasteiger partial charge >= 0.3 is 11.8 Å². The van der Waals surface area contributed by atoms with Crippen molar-refractivity contribution in [2.45, 2.75) is 25.8 Å². The van der Waals surface area contributed by atoms with Crippen molar-refractivity contribution in [1.82, 2.24) is 9.78 Å². The van der Waals surface area contributed by atoms with E-state index >= 15 is 0 Å². The van der Waals surface area contributed by atoms with Crippen molar-refractivity contribution in [3.63, 3.8) is 0 Å². The molecule has 0 aliphatic rings. The van der Waals surface area contributed by atoms with Crippen molar-refractivity contribution in [1.29, 1.82) is 0 Å². The van der Waals surface area contributed by atoms with E-state index in [4.69, 9.17) is 5.73 Å². The van der Waals surface area contributed by atoms with Crippen LogP contribution in [0.5, 0.6) is 0 Å². The van der Waals surface area contributed by atoms with Gasteiger partial charge in [-0.3, -0.25) is 14.8 Å². The number of aryl methyl sites for hydroxylation is 1. The molecule has 1 amide bonds. The molecule has 0 atom stereocenters. The summed E-state index contributed by atoms with van der Waals surface area (Å²) in [6.45, 7) is 0.862. The highest BCUT2D eigenvalue weighted by molar-refractivity contribution is 9.10. The molecule has 0 unspecified atom stereocenters. The first kappa shape index (κ1) is 14.4. The van der Waals surface area contributed by atoms with Crippen molar-refractivity contribution < 1.29 is 14.5 Å². The van der Waals surface area contributed by atoms with E-state index < -0.39 is 11.0 Å². The number of primary amides is 1. The summed E-state index contributed by atoms with van der Waals surface area (Å²) in [5.74, 6) is 0. The van der Waals surface area contributed by atoms with Crippen LogP contribution in [0.4, 0.5) is 10.5 Å². The van der Waals surface area contributed by atoms with Crippen LogP contribution in [-0.2, 0) is 11.3 Å². The highest BCUT2D eigenvalue weighted by Gasteiger charge is 2.16. The zero-order valence-corrected chi connectivity index (χ0v) is 11.1. The summed E-state index contributed by atoms with van der Waals surface area (Å²) in [5.41, 5.74) is 4.75. The Balaban J connectivity index is 2.25. The number of nitrogens with zero attached hydrogens (tertiary/aromatic N) is 3. The smallest absolute Gasteiger partial charge is 0.404 e. The largest absolute Gasteiger partial charge is 0.450 e. The summed E-state index contributed by atoms with van der Waals surface area (Å²) < 4.78 is 6.31. The number of hydrogen-bond donors (Lipinski definition) is 1. The maximum Gasteiger partial charge on any atom is 0.404 e. The lowest BCUT2D eigenvalue weighted by Gasteiger charge is -2.02. The van der Waals surface area contributed by atoms with Crippen LogP contribution in [0.3, 0.4) is 0 Å². The summed E-state index contributed by atoms with van der Waals surface area (Å²) in [7, 11) is 0. The number of ether oxygens (including phenoxy) is 1. The quantitative estimate of drug-likeness (QED) is 0.467. The molecule has 0 bridgehead atoms. The molecular formula is C9H13BrN4O4. The normalized spacial score (nSPS) is 10.3. The topological polar surface area (TPSA) is 113 Å². The number of nitrogens with two attached hydrogens (primary N) is 1. The van der Waals surface area contributed by atoms with Crippen LogP contribution in [0, 0.1) is 10.1 Å². The monoisotopic (exact) mass is 320 g/mol. The van der Waals surface area contributed by atoms with E-state index in [1.165, 1.54) is 10.9 Å². The number of hydrogen-bond acceptors (Lipinski definition) is 5. The Morgan fingerprint density at radius 2 is 2.28 bits per heavy atom. The van der Waals surface area contributed by atoms with Gasteiger partial charge in [0.1, 0.15) is 6.20 Å².